The number of carbonyl (C=O) groups is 4. The van der Waals surface area contributed by atoms with Gasteiger partial charge in [0.25, 0.3) is 11.8 Å². The summed E-state index contributed by atoms with van der Waals surface area (Å²) in [5.41, 5.74) is 2.77. The monoisotopic (exact) mass is 752 g/mol. The Balaban J connectivity index is 1.35. The number of pyridine rings is 1. The third-order valence-electron chi connectivity index (χ3n) is 9.78. The number of anilines is 2. The van der Waals surface area contributed by atoms with Crippen LogP contribution in [-0.2, 0) is 21.5 Å². The summed E-state index contributed by atoms with van der Waals surface area (Å²) in [4.78, 5) is 64.2. The molecule has 0 aliphatic carbocycles. The number of methoxy groups -OCH3 is 2. The van der Waals surface area contributed by atoms with Gasteiger partial charge in [0.1, 0.15) is 28.7 Å². The molecule has 2 aromatic heterocycles. The number of halogens is 1. The maximum atomic E-state index is 14.4. The minimum Gasteiger partial charge on any atom is -0.497 e. The number of hydrogen-bond acceptors (Lipinski definition) is 8. The minimum absolute atomic E-state index is 0.0894. The minimum atomic E-state index is -0.709. The average molecular weight is 753 g/mol. The zero-order valence-corrected chi connectivity index (χ0v) is 31.8. The molecule has 288 valence electrons. The summed E-state index contributed by atoms with van der Waals surface area (Å²) in [6, 6.07) is 12.5. The molecule has 1 unspecified atom stereocenters. The quantitative estimate of drug-likeness (QED) is 0.157. The van der Waals surface area contributed by atoms with Crippen molar-refractivity contribution >= 4 is 35.3 Å². The van der Waals surface area contributed by atoms with Crippen molar-refractivity contribution in [2.24, 2.45) is 0 Å². The van der Waals surface area contributed by atoms with Gasteiger partial charge in [0, 0.05) is 71.9 Å². The van der Waals surface area contributed by atoms with Gasteiger partial charge in [-0.25, -0.2) is 14.2 Å². The van der Waals surface area contributed by atoms with Gasteiger partial charge >= 0.3 is 6.09 Å². The number of nitrogens with one attached hydrogen (secondary N) is 3. The number of amides is 4. The number of rotatable bonds is 9. The highest BCUT2D eigenvalue weighted by Crippen LogP contribution is 2.43. The number of carbonyl (C=O) groups excluding carboxylic acids is 4. The van der Waals surface area contributed by atoms with E-state index in [1.54, 1.807) is 43.4 Å². The van der Waals surface area contributed by atoms with Gasteiger partial charge in [-0.3, -0.25) is 14.4 Å². The molecule has 1 fully saturated rings. The number of aromatic amines is 1. The normalized spacial score (nSPS) is 16.7. The van der Waals surface area contributed by atoms with Crippen molar-refractivity contribution in [1.82, 2.24) is 19.8 Å². The Morgan fingerprint density at radius 1 is 1.05 bits per heavy atom. The first-order valence-electron chi connectivity index (χ1n) is 17.9. The third-order valence-corrected chi connectivity index (χ3v) is 9.78. The Kier molecular flexibility index (Phi) is 10.7. The number of benzene rings is 2. The molecule has 13 nitrogen and oxygen atoms in total. The van der Waals surface area contributed by atoms with Crippen molar-refractivity contribution in [1.29, 1.82) is 0 Å². The lowest BCUT2D eigenvalue weighted by atomic mass is 9.73. The Morgan fingerprint density at radius 2 is 1.84 bits per heavy atom. The first-order valence-corrected chi connectivity index (χ1v) is 17.9. The van der Waals surface area contributed by atoms with E-state index in [2.05, 4.69) is 27.2 Å². The van der Waals surface area contributed by atoms with Crippen molar-refractivity contribution < 1.29 is 37.8 Å². The van der Waals surface area contributed by atoms with Crippen molar-refractivity contribution in [2.75, 3.05) is 44.5 Å². The van der Waals surface area contributed by atoms with E-state index in [9.17, 15) is 23.6 Å². The zero-order chi connectivity index (χ0) is 39.7. The molecule has 0 bridgehead atoms. The fraction of sp³-hybridized carbons (Fsp3) is 0.341. The molecule has 4 aromatic rings. The molecule has 1 saturated heterocycles. The molecule has 14 heteroatoms. The van der Waals surface area contributed by atoms with Gasteiger partial charge in [-0.2, -0.15) is 0 Å². The molecule has 1 atom stereocenters. The molecule has 1 spiro atoms. The summed E-state index contributed by atoms with van der Waals surface area (Å²) >= 11 is 0. The second-order valence-corrected chi connectivity index (χ2v) is 14.8. The summed E-state index contributed by atoms with van der Waals surface area (Å²) in [5, 5.41) is 5.08. The smallest absolute Gasteiger partial charge is 0.410 e. The molecule has 2 aliphatic rings. The summed E-state index contributed by atoms with van der Waals surface area (Å²) in [6.07, 6.45) is 3.50. The fourth-order valence-electron chi connectivity index (χ4n) is 7.21. The van der Waals surface area contributed by atoms with E-state index in [1.807, 2.05) is 38.7 Å². The maximum Gasteiger partial charge on any atom is 0.410 e. The van der Waals surface area contributed by atoms with E-state index >= 15 is 0 Å². The lowest BCUT2D eigenvalue weighted by molar-refractivity contribution is -0.111. The molecule has 6 rings (SSSR count). The van der Waals surface area contributed by atoms with Gasteiger partial charge in [-0.15, -0.1) is 0 Å². The summed E-state index contributed by atoms with van der Waals surface area (Å²) in [7, 11) is 3.17. The van der Waals surface area contributed by atoms with E-state index < -0.39 is 34.7 Å². The number of fused-ring (bicyclic) bond motifs is 2. The molecular weight excluding hydrogens is 707 g/mol. The number of ether oxygens (including phenoxy) is 3. The maximum absolute atomic E-state index is 14.4. The third kappa shape index (κ3) is 8.17. The van der Waals surface area contributed by atoms with Crippen LogP contribution in [0.25, 0.3) is 11.3 Å². The number of nitrogens with zero attached hydrogens (tertiary/aromatic N) is 3. The highest BCUT2D eigenvalue weighted by molar-refractivity contribution is 6.06. The predicted molar refractivity (Wildman–Crippen MR) is 205 cm³/mol. The van der Waals surface area contributed by atoms with Crippen LogP contribution in [0.5, 0.6) is 11.5 Å². The van der Waals surface area contributed by atoms with E-state index in [0.717, 1.165) is 29.0 Å². The van der Waals surface area contributed by atoms with E-state index in [4.69, 9.17) is 14.2 Å². The number of likely N-dealkylation sites (tertiary alicyclic amines) is 1. The molecule has 55 heavy (non-hydrogen) atoms. The average Bonchev–Trinajstić information content (AvgIpc) is 3.62. The van der Waals surface area contributed by atoms with Gasteiger partial charge in [-0.1, -0.05) is 6.58 Å². The van der Waals surface area contributed by atoms with Gasteiger partial charge < -0.3 is 39.6 Å². The highest BCUT2D eigenvalue weighted by Gasteiger charge is 2.48. The van der Waals surface area contributed by atoms with E-state index in [-0.39, 0.29) is 29.5 Å². The molecular formula is C41H45FN6O7. The molecule has 0 radical (unpaired) electrons. The second kappa shape index (κ2) is 15.3. The number of hydrogen-bond donors (Lipinski definition) is 3. The Labute approximate surface area is 318 Å². The van der Waals surface area contributed by atoms with Crippen LogP contribution in [0.4, 0.5) is 20.7 Å². The number of H-pyrrole nitrogens is 1. The zero-order valence-electron chi connectivity index (χ0n) is 31.8. The van der Waals surface area contributed by atoms with Crippen LogP contribution in [-0.4, -0.2) is 83.0 Å². The summed E-state index contributed by atoms with van der Waals surface area (Å²) in [5.74, 6) is -0.651. The largest absolute Gasteiger partial charge is 0.497 e. The topological polar surface area (TPSA) is 155 Å². The highest BCUT2D eigenvalue weighted by atomic mass is 19.1. The van der Waals surface area contributed by atoms with Crippen molar-refractivity contribution in [2.45, 2.75) is 58.1 Å². The van der Waals surface area contributed by atoms with Crippen molar-refractivity contribution in [3.8, 4) is 22.8 Å². The lowest BCUT2D eigenvalue weighted by Gasteiger charge is -2.48. The lowest BCUT2D eigenvalue weighted by Crippen LogP contribution is -2.58. The van der Waals surface area contributed by atoms with Crippen LogP contribution in [0, 0.1) is 12.7 Å². The Hall–Kier alpha value is -6.18. The van der Waals surface area contributed by atoms with Crippen LogP contribution in [0.3, 0.4) is 0 Å². The van der Waals surface area contributed by atoms with Crippen molar-refractivity contribution in [3.63, 3.8) is 0 Å². The van der Waals surface area contributed by atoms with Crippen LogP contribution < -0.4 is 20.1 Å². The second-order valence-electron chi connectivity index (χ2n) is 14.8. The first-order chi connectivity index (χ1) is 26.1. The number of aryl methyl sites for hydroxylation is 1. The Morgan fingerprint density at radius 3 is 2.55 bits per heavy atom. The molecule has 3 N–H and O–H groups in total. The number of piperidine rings is 1. The number of aromatic nitrogens is 2. The molecule has 2 aliphatic heterocycles. The van der Waals surface area contributed by atoms with Gasteiger partial charge in [0.15, 0.2) is 0 Å². The van der Waals surface area contributed by atoms with Crippen LogP contribution in [0.2, 0.25) is 0 Å². The van der Waals surface area contributed by atoms with Gasteiger partial charge in [0.2, 0.25) is 5.91 Å². The summed E-state index contributed by atoms with van der Waals surface area (Å²) in [6.45, 7) is 12.2. The van der Waals surface area contributed by atoms with Crippen molar-refractivity contribution in [3.05, 3.63) is 101 Å². The molecule has 0 saturated carbocycles. The summed E-state index contributed by atoms with van der Waals surface area (Å²) < 4.78 is 31.3. The molecule has 4 heterocycles. The standard InChI is InChI=1S/C41H45FN6O7/c1-8-35(49)44-32-17-26(10-11-30(32)42)37(50)46-34-18-25(12-14-43-34)31-20-28-36(45-31)41(13-9-15-47(22-41)39(52)55-40(3,4)5)23-48(38(28)51)21-29-24(2)16-27(53-6)19-33(29)54-7/h8,10-12,14,16-20,45H,1,9,13,15,21-23H2,2-7H3,(H,44,49)(H,43,46,50). The Bertz CT molecular complexity index is 2180. The van der Waals surface area contributed by atoms with E-state index in [1.165, 1.54) is 18.3 Å². The van der Waals surface area contributed by atoms with Gasteiger partial charge in [0.05, 0.1) is 25.5 Å². The van der Waals surface area contributed by atoms with Crippen LogP contribution >= 0.6 is 0 Å². The SMILES string of the molecule is C=CC(=O)Nc1cc(C(=O)Nc2cc(-c3cc4c([nH]3)C3(CCCN(C(=O)OC(C)(C)C)C3)CN(Cc3c(C)cc(OC)cc3OC)C4=O)ccn2)ccc1F. The molecule has 4 amide bonds. The van der Waals surface area contributed by atoms with Crippen LogP contribution in [0.15, 0.2) is 67.4 Å². The first kappa shape index (κ1) is 38.5. The predicted octanol–water partition coefficient (Wildman–Crippen LogP) is 6.84. The molecule has 2 aromatic carbocycles. The fourth-order valence-corrected chi connectivity index (χ4v) is 7.21. The van der Waals surface area contributed by atoms with Gasteiger partial charge in [-0.05, 0) is 94.6 Å². The van der Waals surface area contributed by atoms with Crippen LogP contribution in [0.1, 0.15) is 71.1 Å². The van der Waals surface area contributed by atoms with E-state index in [0.29, 0.717) is 60.8 Å².